The van der Waals surface area contributed by atoms with Gasteiger partial charge in [0.15, 0.2) is 11.2 Å². The quantitative estimate of drug-likeness (QED) is 0.538. The molecular formula is C12H19N5O4. The van der Waals surface area contributed by atoms with Crippen LogP contribution in [0, 0.1) is 0 Å². The van der Waals surface area contributed by atoms with Crippen molar-refractivity contribution in [1.82, 2.24) is 19.1 Å². The maximum absolute atomic E-state index is 12.0. The number of hydrogen-bond acceptors (Lipinski definition) is 6. The molecule has 9 heteroatoms. The monoisotopic (exact) mass is 297 g/mol. The average Bonchev–Trinajstić information content (AvgIpc) is 2.72. The van der Waals surface area contributed by atoms with Crippen molar-refractivity contribution in [3.8, 4) is 0 Å². The highest BCUT2D eigenvalue weighted by Gasteiger charge is 2.18. The summed E-state index contributed by atoms with van der Waals surface area (Å²) in [5, 5.41) is 21.8. The number of nitrogens with zero attached hydrogens (tertiary/aromatic N) is 3. The molecule has 0 saturated heterocycles. The number of anilines is 1. The molecule has 0 aliphatic rings. The molecule has 0 saturated carbocycles. The highest BCUT2D eigenvalue weighted by Crippen LogP contribution is 2.15. The standard InChI is InChI=1S/C12H19N5O4/c1-6(18)4-13-11-14-9-8(17(11)5-7(2)19)10(20)15-12(21)16(9)3/h6-7,18-19H,4-5H2,1-3H3,(H,13,14)(H,15,20,21)/t6-,7+/m0/s1. The van der Waals surface area contributed by atoms with Crippen LogP contribution in [0.25, 0.3) is 11.2 Å². The van der Waals surface area contributed by atoms with Crippen LogP contribution in [0.15, 0.2) is 9.59 Å². The number of fused-ring (bicyclic) bond motifs is 1. The van der Waals surface area contributed by atoms with E-state index in [9.17, 15) is 19.8 Å². The molecule has 0 aliphatic heterocycles. The topological polar surface area (TPSA) is 125 Å². The number of nitrogens with one attached hydrogen (secondary N) is 2. The van der Waals surface area contributed by atoms with Crippen LogP contribution in [0.1, 0.15) is 13.8 Å². The fourth-order valence-electron chi connectivity index (χ4n) is 2.05. The summed E-state index contributed by atoms with van der Waals surface area (Å²) in [5.74, 6) is 0.318. The zero-order chi connectivity index (χ0) is 15.7. The summed E-state index contributed by atoms with van der Waals surface area (Å²) >= 11 is 0. The molecule has 0 amide bonds. The molecule has 0 fully saturated rings. The SMILES string of the molecule is C[C@H](O)CNc1nc2c(c(=O)[nH]c(=O)n2C)n1C[C@@H](C)O. The lowest BCUT2D eigenvalue weighted by Crippen LogP contribution is -2.29. The second-order valence-corrected chi connectivity index (χ2v) is 5.12. The minimum Gasteiger partial charge on any atom is -0.392 e. The van der Waals surface area contributed by atoms with E-state index in [0.29, 0.717) is 5.95 Å². The Hall–Kier alpha value is -2.13. The predicted octanol–water partition coefficient (Wildman–Crippen LogP) is -1.40. The maximum atomic E-state index is 12.0. The van der Waals surface area contributed by atoms with Gasteiger partial charge in [-0.3, -0.25) is 14.3 Å². The minimum absolute atomic E-state index is 0.139. The Morgan fingerprint density at radius 2 is 1.95 bits per heavy atom. The lowest BCUT2D eigenvalue weighted by atomic mass is 10.4. The zero-order valence-electron chi connectivity index (χ0n) is 12.1. The molecule has 2 rings (SSSR count). The molecular weight excluding hydrogens is 278 g/mol. The van der Waals surface area contributed by atoms with Crippen molar-refractivity contribution >= 4 is 17.1 Å². The first-order chi connectivity index (χ1) is 9.81. The van der Waals surface area contributed by atoms with Gasteiger partial charge in [0.2, 0.25) is 5.95 Å². The molecule has 2 heterocycles. The number of aromatic nitrogens is 4. The van der Waals surface area contributed by atoms with Crippen LogP contribution in [-0.4, -0.2) is 48.1 Å². The Morgan fingerprint density at radius 1 is 1.29 bits per heavy atom. The number of imidazole rings is 1. The smallest absolute Gasteiger partial charge is 0.329 e. The Kier molecular flexibility index (Phi) is 4.14. The molecule has 9 nitrogen and oxygen atoms in total. The van der Waals surface area contributed by atoms with Gasteiger partial charge in [0.05, 0.1) is 18.8 Å². The molecule has 2 aromatic rings. The van der Waals surface area contributed by atoms with E-state index in [1.165, 1.54) is 16.2 Å². The van der Waals surface area contributed by atoms with E-state index in [1.54, 1.807) is 13.8 Å². The number of aliphatic hydroxyl groups is 2. The normalized spacial score (nSPS) is 14.3. The largest absolute Gasteiger partial charge is 0.392 e. The number of rotatable bonds is 5. The van der Waals surface area contributed by atoms with Gasteiger partial charge in [-0.1, -0.05) is 0 Å². The van der Waals surface area contributed by atoms with E-state index in [0.717, 1.165) is 0 Å². The van der Waals surface area contributed by atoms with Crippen molar-refractivity contribution in [3.63, 3.8) is 0 Å². The number of aryl methyl sites for hydroxylation is 1. The summed E-state index contributed by atoms with van der Waals surface area (Å²) in [4.78, 5) is 30.1. The second-order valence-electron chi connectivity index (χ2n) is 5.12. The number of hydrogen-bond donors (Lipinski definition) is 4. The van der Waals surface area contributed by atoms with Gasteiger partial charge in [0.1, 0.15) is 0 Å². The Morgan fingerprint density at radius 3 is 2.52 bits per heavy atom. The molecule has 0 unspecified atom stereocenters. The van der Waals surface area contributed by atoms with Gasteiger partial charge in [-0.15, -0.1) is 0 Å². The van der Waals surface area contributed by atoms with Crippen LogP contribution in [0.4, 0.5) is 5.95 Å². The molecule has 21 heavy (non-hydrogen) atoms. The fraction of sp³-hybridized carbons (Fsp3) is 0.583. The Labute approximate surface area is 119 Å². The first-order valence-electron chi connectivity index (χ1n) is 6.60. The van der Waals surface area contributed by atoms with Crippen LogP contribution in [0.5, 0.6) is 0 Å². The first kappa shape index (κ1) is 15.3. The van der Waals surface area contributed by atoms with Crippen LogP contribution < -0.4 is 16.6 Å². The fourth-order valence-corrected chi connectivity index (χ4v) is 2.05. The molecule has 0 aromatic carbocycles. The Bertz CT molecular complexity index is 755. The van der Waals surface area contributed by atoms with Crippen molar-refractivity contribution in [2.45, 2.75) is 32.6 Å². The Balaban J connectivity index is 2.67. The number of H-pyrrole nitrogens is 1. The van der Waals surface area contributed by atoms with Crippen molar-refractivity contribution in [2.24, 2.45) is 7.05 Å². The third-order valence-electron chi connectivity index (χ3n) is 3.01. The number of aromatic amines is 1. The lowest BCUT2D eigenvalue weighted by Gasteiger charge is -2.12. The van der Waals surface area contributed by atoms with Gasteiger partial charge in [-0.2, -0.15) is 4.98 Å². The molecule has 2 aromatic heterocycles. The minimum atomic E-state index is -0.703. The molecule has 0 radical (unpaired) electrons. The molecule has 0 bridgehead atoms. The van der Waals surface area contributed by atoms with E-state index in [2.05, 4.69) is 15.3 Å². The van der Waals surface area contributed by atoms with E-state index in [4.69, 9.17) is 0 Å². The third-order valence-corrected chi connectivity index (χ3v) is 3.01. The molecule has 4 N–H and O–H groups in total. The number of aliphatic hydroxyl groups excluding tert-OH is 2. The zero-order valence-corrected chi connectivity index (χ0v) is 12.1. The average molecular weight is 297 g/mol. The second kappa shape index (κ2) is 5.70. The van der Waals surface area contributed by atoms with Crippen molar-refractivity contribution in [1.29, 1.82) is 0 Å². The summed E-state index contributed by atoms with van der Waals surface area (Å²) in [7, 11) is 1.50. The van der Waals surface area contributed by atoms with Crippen molar-refractivity contribution in [3.05, 3.63) is 20.8 Å². The predicted molar refractivity (Wildman–Crippen MR) is 77.4 cm³/mol. The molecule has 0 aliphatic carbocycles. The van der Waals surface area contributed by atoms with Gasteiger partial charge >= 0.3 is 5.69 Å². The van der Waals surface area contributed by atoms with Crippen molar-refractivity contribution in [2.75, 3.05) is 11.9 Å². The first-order valence-corrected chi connectivity index (χ1v) is 6.60. The van der Waals surface area contributed by atoms with Gasteiger partial charge in [0.25, 0.3) is 5.56 Å². The summed E-state index contributed by atoms with van der Waals surface area (Å²) in [6.45, 7) is 3.56. The van der Waals surface area contributed by atoms with Gasteiger partial charge in [0, 0.05) is 13.6 Å². The van der Waals surface area contributed by atoms with E-state index in [-0.39, 0.29) is 24.3 Å². The molecule has 2 atom stereocenters. The van der Waals surface area contributed by atoms with Crippen molar-refractivity contribution < 1.29 is 10.2 Å². The van der Waals surface area contributed by atoms with Gasteiger partial charge in [-0.05, 0) is 13.8 Å². The highest BCUT2D eigenvalue weighted by atomic mass is 16.3. The van der Waals surface area contributed by atoms with Crippen LogP contribution in [-0.2, 0) is 13.6 Å². The van der Waals surface area contributed by atoms with E-state index >= 15 is 0 Å². The van der Waals surface area contributed by atoms with Crippen LogP contribution in [0.3, 0.4) is 0 Å². The van der Waals surface area contributed by atoms with E-state index in [1.807, 2.05) is 0 Å². The third kappa shape index (κ3) is 2.98. The summed E-state index contributed by atoms with van der Waals surface area (Å²) in [6, 6.07) is 0. The van der Waals surface area contributed by atoms with Crippen LogP contribution in [0.2, 0.25) is 0 Å². The van der Waals surface area contributed by atoms with Gasteiger partial charge < -0.3 is 20.1 Å². The van der Waals surface area contributed by atoms with Crippen LogP contribution >= 0.6 is 0 Å². The summed E-state index contributed by atoms with van der Waals surface area (Å²) in [6.07, 6.45) is -1.31. The van der Waals surface area contributed by atoms with Gasteiger partial charge in [-0.25, -0.2) is 4.79 Å². The van der Waals surface area contributed by atoms with E-state index < -0.39 is 23.5 Å². The molecule has 0 spiro atoms. The summed E-state index contributed by atoms with van der Waals surface area (Å²) < 4.78 is 2.73. The molecule has 116 valence electrons. The highest BCUT2D eigenvalue weighted by molar-refractivity contribution is 5.74. The maximum Gasteiger partial charge on any atom is 0.329 e. The lowest BCUT2D eigenvalue weighted by molar-refractivity contribution is 0.175. The summed E-state index contributed by atoms with van der Waals surface area (Å²) in [5.41, 5.74) is -0.703.